The summed E-state index contributed by atoms with van der Waals surface area (Å²) in [6.45, 7) is 4.60. The number of hydrogen-bond donors (Lipinski definition) is 0. The van der Waals surface area contributed by atoms with E-state index >= 15 is 0 Å². The average molecular weight is 381 g/mol. The summed E-state index contributed by atoms with van der Waals surface area (Å²) in [5, 5.41) is 1.10. The number of aryl methyl sites for hydroxylation is 1. The second-order valence-electron chi connectivity index (χ2n) is 7.72. The highest BCUT2D eigenvalue weighted by molar-refractivity contribution is 5.95. The van der Waals surface area contributed by atoms with E-state index < -0.39 is 0 Å². The molecule has 3 rings (SSSR count). The maximum absolute atomic E-state index is 12.8. The van der Waals surface area contributed by atoms with Gasteiger partial charge < -0.3 is 14.2 Å². The maximum atomic E-state index is 12.8. The number of ether oxygens (including phenoxy) is 1. The number of rotatable bonds is 9. The molecule has 0 spiro atoms. The Morgan fingerprint density at radius 1 is 1.14 bits per heavy atom. The Bertz CT molecular complexity index is 922. The third-order valence-electron chi connectivity index (χ3n) is 5.14. The Kier molecular flexibility index (Phi) is 7.10. The van der Waals surface area contributed by atoms with Crippen molar-refractivity contribution in [3.05, 3.63) is 58.4 Å². The summed E-state index contributed by atoms with van der Waals surface area (Å²) >= 11 is 0. The van der Waals surface area contributed by atoms with E-state index in [9.17, 15) is 4.79 Å². The summed E-state index contributed by atoms with van der Waals surface area (Å²) in [4.78, 5) is 15.0. The minimum absolute atomic E-state index is 0.0791. The van der Waals surface area contributed by atoms with Crippen LogP contribution in [0.3, 0.4) is 0 Å². The molecule has 0 saturated carbocycles. The molecule has 1 aromatic heterocycles. The summed E-state index contributed by atoms with van der Waals surface area (Å²) in [6.07, 6.45) is 11.7. The van der Waals surface area contributed by atoms with Gasteiger partial charge in [0, 0.05) is 24.5 Å². The van der Waals surface area contributed by atoms with Crippen molar-refractivity contribution in [2.24, 2.45) is 0 Å². The number of unbranched alkanes of at least 4 members (excludes halogenated alkanes) is 1. The molecule has 2 aromatic rings. The standard InChI is InChI=1S/C24H32N2O2/c1-4-5-15-26-23-13-12-20(28-16-9-14-25(2)3)17-22(23)21(18-24(26)27)19-10-7-6-8-11-19/h7,10-13,17-18H,4-6,8-9,14-16H2,1-3H3. The van der Waals surface area contributed by atoms with E-state index in [1.54, 1.807) is 6.07 Å². The molecular formula is C24H32N2O2. The smallest absolute Gasteiger partial charge is 0.251 e. The quantitative estimate of drug-likeness (QED) is 0.582. The Hall–Kier alpha value is -2.33. The van der Waals surface area contributed by atoms with E-state index in [0.29, 0.717) is 6.61 Å². The first-order valence-corrected chi connectivity index (χ1v) is 10.4. The zero-order valence-electron chi connectivity index (χ0n) is 17.4. The average Bonchev–Trinajstić information content (AvgIpc) is 2.70. The van der Waals surface area contributed by atoms with Crippen LogP contribution in [0.4, 0.5) is 0 Å². The van der Waals surface area contributed by atoms with Gasteiger partial charge >= 0.3 is 0 Å². The van der Waals surface area contributed by atoms with Gasteiger partial charge in [-0.1, -0.05) is 31.6 Å². The Morgan fingerprint density at radius 2 is 2.00 bits per heavy atom. The van der Waals surface area contributed by atoms with Gasteiger partial charge in [-0.2, -0.15) is 0 Å². The minimum Gasteiger partial charge on any atom is -0.494 e. The SMILES string of the molecule is CCCCn1c(=O)cc(C2=CCCC=C2)c2cc(OCCCN(C)C)ccc21. The van der Waals surface area contributed by atoms with Gasteiger partial charge in [-0.05, 0) is 69.1 Å². The van der Waals surface area contributed by atoms with Gasteiger partial charge in [0.2, 0.25) is 0 Å². The number of benzene rings is 1. The minimum atomic E-state index is 0.0791. The van der Waals surface area contributed by atoms with Crippen LogP contribution in [0, 0.1) is 0 Å². The van der Waals surface area contributed by atoms with E-state index in [0.717, 1.165) is 73.0 Å². The summed E-state index contributed by atoms with van der Waals surface area (Å²) in [7, 11) is 4.15. The van der Waals surface area contributed by atoms with Crippen LogP contribution in [0.1, 0.15) is 44.6 Å². The largest absolute Gasteiger partial charge is 0.494 e. The van der Waals surface area contributed by atoms with Crippen LogP contribution in [0.25, 0.3) is 16.5 Å². The van der Waals surface area contributed by atoms with Gasteiger partial charge in [-0.15, -0.1) is 0 Å². The third kappa shape index (κ3) is 4.93. The first-order chi connectivity index (χ1) is 13.6. The van der Waals surface area contributed by atoms with Crippen molar-refractivity contribution in [2.45, 2.75) is 45.6 Å². The summed E-state index contributed by atoms with van der Waals surface area (Å²) in [5.74, 6) is 0.869. The molecule has 1 aliphatic rings. The zero-order valence-corrected chi connectivity index (χ0v) is 17.4. The predicted octanol–water partition coefficient (Wildman–Crippen LogP) is 4.87. The van der Waals surface area contributed by atoms with Crippen molar-refractivity contribution in [2.75, 3.05) is 27.2 Å². The molecule has 1 heterocycles. The number of hydrogen-bond acceptors (Lipinski definition) is 3. The lowest BCUT2D eigenvalue weighted by Crippen LogP contribution is -2.21. The van der Waals surface area contributed by atoms with Crippen LogP contribution in [0.15, 0.2) is 47.3 Å². The van der Waals surface area contributed by atoms with Crippen molar-refractivity contribution in [3.63, 3.8) is 0 Å². The number of aromatic nitrogens is 1. The van der Waals surface area contributed by atoms with Crippen molar-refractivity contribution >= 4 is 16.5 Å². The van der Waals surface area contributed by atoms with Crippen LogP contribution in [-0.4, -0.2) is 36.7 Å². The molecule has 0 saturated heterocycles. The third-order valence-corrected chi connectivity index (χ3v) is 5.14. The van der Waals surface area contributed by atoms with E-state index in [-0.39, 0.29) is 5.56 Å². The number of fused-ring (bicyclic) bond motifs is 1. The molecular weight excluding hydrogens is 348 g/mol. The highest BCUT2D eigenvalue weighted by Gasteiger charge is 2.13. The molecule has 0 radical (unpaired) electrons. The molecule has 1 aromatic carbocycles. The molecule has 0 amide bonds. The molecule has 0 aliphatic heterocycles. The summed E-state index contributed by atoms with van der Waals surface area (Å²) in [5.41, 5.74) is 3.23. The van der Waals surface area contributed by atoms with Gasteiger partial charge in [0.1, 0.15) is 5.75 Å². The fourth-order valence-corrected chi connectivity index (χ4v) is 3.62. The second kappa shape index (κ2) is 9.74. The number of pyridine rings is 1. The Morgan fingerprint density at radius 3 is 2.71 bits per heavy atom. The molecule has 0 unspecified atom stereocenters. The lowest BCUT2D eigenvalue weighted by Gasteiger charge is -2.17. The van der Waals surface area contributed by atoms with Gasteiger partial charge in [-0.3, -0.25) is 4.79 Å². The molecule has 4 nitrogen and oxygen atoms in total. The van der Waals surface area contributed by atoms with E-state index in [1.807, 2.05) is 16.7 Å². The lowest BCUT2D eigenvalue weighted by molar-refractivity contribution is 0.282. The fraction of sp³-hybridized carbons (Fsp3) is 0.458. The zero-order chi connectivity index (χ0) is 19.9. The maximum Gasteiger partial charge on any atom is 0.251 e. The first-order valence-electron chi connectivity index (χ1n) is 10.4. The predicted molar refractivity (Wildman–Crippen MR) is 118 cm³/mol. The van der Waals surface area contributed by atoms with Crippen LogP contribution < -0.4 is 10.3 Å². The van der Waals surface area contributed by atoms with Crippen LogP contribution in [0.2, 0.25) is 0 Å². The lowest BCUT2D eigenvalue weighted by atomic mass is 9.96. The first kappa shape index (κ1) is 20.4. The Balaban J connectivity index is 1.99. The normalized spacial score (nSPS) is 13.9. The van der Waals surface area contributed by atoms with Crippen molar-refractivity contribution < 1.29 is 4.74 Å². The molecule has 0 fully saturated rings. The van der Waals surface area contributed by atoms with Crippen LogP contribution in [0.5, 0.6) is 5.75 Å². The van der Waals surface area contributed by atoms with Gasteiger partial charge in [0.25, 0.3) is 5.56 Å². The second-order valence-corrected chi connectivity index (χ2v) is 7.72. The van der Waals surface area contributed by atoms with E-state index in [4.69, 9.17) is 4.74 Å². The van der Waals surface area contributed by atoms with Crippen molar-refractivity contribution in [3.8, 4) is 5.75 Å². The molecule has 0 atom stereocenters. The van der Waals surface area contributed by atoms with Crippen molar-refractivity contribution in [1.29, 1.82) is 0 Å². The monoisotopic (exact) mass is 380 g/mol. The highest BCUT2D eigenvalue weighted by atomic mass is 16.5. The highest BCUT2D eigenvalue weighted by Crippen LogP contribution is 2.30. The summed E-state index contributed by atoms with van der Waals surface area (Å²) < 4.78 is 7.91. The number of allylic oxidation sites excluding steroid dienone is 4. The molecule has 0 bridgehead atoms. The van der Waals surface area contributed by atoms with Crippen molar-refractivity contribution in [1.82, 2.24) is 9.47 Å². The molecule has 4 heteroatoms. The van der Waals surface area contributed by atoms with Crippen LogP contribution >= 0.6 is 0 Å². The van der Waals surface area contributed by atoms with Crippen LogP contribution in [-0.2, 0) is 6.54 Å². The van der Waals surface area contributed by atoms with Gasteiger partial charge in [0.15, 0.2) is 0 Å². The number of nitrogens with zero attached hydrogens (tertiary/aromatic N) is 2. The van der Waals surface area contributed by atoms with Gasteiger partial charge in [-0.25, -0.2) is 0 Å². The summed E-state index contributed by atoms with van der Waals surface area (Å²) in [6, 6.07) is 7.94. The molecule has 0 N–H and O–H groups in total. The fourth-order valence-electron chi connectivity index (χ4n) is 3.62. The van der Waals surface area contributed by atoms with Gasteiger partial charge in [0.05, 0.1) is 12.1 Å². The molecule has 1 aliphatic carbocycles. The topological polar surface area (TPSA) is 34.5 Å². The van der Waals surface area contributed by atoms with E-state index in [1.165, 1.54) is 0 Å². The Labute approximate surface area is 168 Å². The van der Waals surface area contributed by atoms with E-state index in [2.05, 4.69) is 50.2 Å². The molecule has 150 valence electrons. The molecule has 28 heavy (non-hydrogen) atoms.